The molecule has 0 atom stereocenters. The number of nitrogens with zero attached hydrogens (tertiary/aromatic N) is 1. The van der Waals surface area contributed by atoms with Crippen LogP contribution in [0.2, 0.25) is 0 Å². The molecule has 0 aliphatic heterocycles. The van der Waals surface area contributed by atoms with Crippen molar-refractivity contribution in [1.82, 2.24) is 16.2 Å². The van der Waals surface area contributed by atoms with Crippen LogP contribution in [0.4, 0.5) is 5.69 Å². The SMILES string of the molecule is O=C(NNC(=S)NC(=O)c1ccc([N+](=O)[O-])cc1)c1ccccc1. The van der Waals surface area contributed by atoms with Gasteiger partial charge in [-0.25, -0.2) is 0 Å². The van der Waals surface area contributed by atoms with Gasteiger partial charge in [-0.3, -0.25) is 35.9 Å². The summed E-state index contributed by atoms with van der Waals surface area (Å²) in [4.78, 5) is 33.7. The number of benzene rings is 2. The summed E-state index contributed by atoms with van der Waals surface area (Å²) >= 11 is 4.90. The first-order chi connectivity index (χ1) is 11.5. The molecule has 2 aromatic carbocycles. The highest BCUT2D eigenvalue weighted by Crippen LogP contribution is 2.11. The van der Waals surface area contributed by atoms with E-state index in [0.29, 0.717) is 5.56 Å². The molecule has 0 radical (unpaired) electrons. The normalized spacial score (nSPS) is 9.67. The Balaban J connectivity index is 1.86. The van der Waals surface area contributed by atoms with Gasteiger partial charge >= 0.3 is 0 Å². The topological polar surface area (TPSA) is 113 Å². The number of nitro groups is 1. The first kappa shape index (κ1) is 17.0. The molecule has 0 aliphatic carbocycles. The maximum Gasteiger partial charge on any atom is 0.269 e. The van der Waals surface area contributed by atoms with Gasteiger partial charge < -0.3 is 0 Å². The molecule has 0 aromatic heterocycles. The van der Waals surface area contributed by atoms with Gasteiger partial charge in [0.05, 0.1) is 4.92 Å². The molecule has 0 saturated heterocycles. The molecule has 2 amide bonds. The van der Waals surface area contributed by atoms with E-state index in [1.54, 1.807) is 30.3 Å². The first-order valence-corrected chi connectivity index (χ1v) is 7.09. The van der Waals surface area contributed by atoms with E-state index in [9.17, 15) is 19.7 Å². The van der Waals surface area contributed by atoms with Gasteiger partial charge in [0.25, 0.3) is 17.5 Å². The predicted octanol–water partition coefficient (Wildman–Crippen LogP) is 1.54. The highest BCUT2D eigenvalue weighted by atomic mass is 32.1. The van der Waals surface area contributed by atoms with E-state index in [-0.39, 0.29) is 16.4 Å². The van der Waals surface area contributed by atoms with E-state index in [1.807, 2.05) is 0 Å². The number of hydrogen-bond donors (Lipinski definition) is 3. The standard InChI is InChI=1S/C15H12N4O4S/c20-13(11-6-8-12(9-7-11)19(22)23)16-15(24)18-17-14(21)10-4-2-1-3-5-10/h1-9H,(H,17,21)(H2,16,18,20,24). The van der Waals surface area contributed by atoms with Gasteiger partial charge in [0.15, 0.2) is 5.11 Å². The highest BCUT2D eigenvalue weighted by molar-refractivity contribution is 7.80. The zero-order valence-electron chi connectivity index (χ0n) is 12.2. The van der Waals surface area contributed by atoms with Crippen molar-refractivity contribution in [3.8, 4) is 0 Å². The minimum atomic E-state index is -0.563. The summed E-state index contributed by atoms with van der Waals surface area (Å²) in [5.74, 6) is -0.973. The van der Waals surface area contributed by atoms with Crippen LogP contribution in [0.5, 0.6) is 0 Å². The molecule has 0 heterocycles. The van der Waals surface area contributed by atoms with Gasteiger partial charge in [-0.05, 0) is 36.5 Å². The summed E-state index contributed by atoms with van der Waals surface area (Å²) in [7, 11) is 0. The van der Waals surface area contributed by atoms with Crippen LogP contribution in [0.3, 0.4) is 0 Å². The molecule has 122 valence electrons. The van der Waals surface area contributed by atoms with Gasteiger partial charge in [-0.1, -0.05) is 18.2 Å². The van der Waals surface area contributed by atoms with Crippen LogP contribution in [0.15, 0.2) is 54.6 Å². The molecular weight excluding hydrogens is 332 g/mol. The van der Waals surface area contributed by atoms with Crippen molar-refractivity contribution in [2.24, 2.45) is 0 Å². The van der Waals surface area contributed by atoms with Crippen LogP contribution in [-0.4, -0.2) is 21.9 Å². The van der Waals surface area contributed by atoms with Gasteiger partial charge in [-0.15, -0.1) is 0 Å². The second-order valence-corrected chi connectivity index (χ2v) is 4.94. The average molecular weight is 344 g/mol. The molecule has 9 heteroatoms. The summed E-state index contributed by atoms with van der Waals surface area (Å²) in [6.45, 7) is 0. The number of amides is 2. The van der Waals surface area contributed by atoms with Gasteiger partial charge in [0, 0.05) is 23.3 Å². The molecule has 2 rings (SSSR count). The predicted molar refractivity (Wildman–Crippen MR) is 90.2 cm³/mol. The lowest BCUT2D eigenvalue weighted by Crippen LogP contribution is -2.48. The molecule has 0 fully saturated rings. The highest BCUT2D eigenvalue weighted by Gasteiger charge is 2.11. The zero-order valence-corrected chi connectivity index (χ0v) is 13.0. The minimum absolute atomic E-state index is 0.109. The van der Waals surface area contributed by atoms with Crippen LogP contribution >= 0.6 is 12.2 Å². The number of rotatable bonds is 3. The van der Waals surface area contributed by atoms with Crippen LogP contribution in [0, 0.1) is 10.1 Å². The van der Waals surface area contributed by atoms with E-state index in [1.165, 1.54) is 24.3 Å². The smallest absolute Gasteiger partial charge is 0.269 e. The zero-order chi connectivity index (χ0) is 17.5. The average Bonchev–Trinajstić information content (AvgIpc) is 2.60. The summed E-state index contributed by atoms with van der Waals surface area (Å²) in [5.41, 5.74) is 5.24. The number of carbonyl (C=O) groups excluding carboxylic acids is 2. The molecule has 8 nitrogen and oxygen atoms in total. The van der Waals surface area contributed by atoms with Gasteiger partial charge in [0.1, 0.15) is 0 Å². The molecule has 3 N–H and O–H groups in total. The molecular formula is C15H12N4O4S. The number of carbonyl (C=O) groups is 2. The third-order valence-electron chi connectivity index (χ3n) is 2.89. The maximum atomic E-state index is 11.9. The van der Waals surface area contributed by atoms with Crippen LogP contribution in [0.25, 0.3) is 0 Å². The summed E-state index contributed by atoms with van der Waals surface area (Å²) in [6, 6.07) is 13.5. The van der Waals surface area contributed by atoms with Crippen LogP contribution in [0.1, 0.15) is 20.7 Å². The fraction of sp³-hybridized carbons (Fsp3) is 0. The Hall–Kier alpha value is -3.33. The van der Waals surface area contributed by atoms with E-state index in [0.717, 1.165) is 0 Å². The van der Waals surface area contributed by atoms with Crippen molar-refractivity contribution in [3.63, 3.8) is 0 Å². The summed E-state index contributed by atoms with van der Waals surface area (Å²) in [5, 5.41) is 12.8. The number of nitrogens with one attached hydrogen (secondary N) is 3. The largest absolute Gasteiger partial charge is 0.298 e. The van der Waals surface area contributed by atoms with E-state index < -0.39 is 16.7 Å². The van der Waals surface area contributed by atoms with Crippen molar-refractivity contribution in [1.29, 1.82) is 0 Å². The van der Waals surface area contributed by atoms with Crippen LogP contribution in [-0.2, 0) is 0 Å². The lowest BCUT2D eigenvalue weighted by Gasteiger charge is -2.10. The molecule has 0 spiro atoms. The number of non-ortho nitro benzene ring substituents is 1. The molecule has 0 saturated carbocycles. The number of hydrogen-bond acceptors (Lipinski definition) is 5. The van der Waals surface area contributed by atoms with Crippen molar-refractivity contribution >= 4 is 34.8 Å². The second kappa shape index (κ2) is 7.79. The third kappa shape index (κ3) is 4.58. The van der Waals surface area contributed by atoms with Crippen molar-refractivity contribution in [2.75, 3.05) is 0 Å². The quantitative estimate of drug-likeness (QED) is 0.442. The molecule has 2 aromatic rings. The van der Waals surface area contributed by atoms with E-state index in [4.69, 9.17) is 12.2 Å². The lowest BCUT2D eigenvalue weighted by atomic mass is 10.2. The van der Waals surface area contributed by atoms with Crippen LogP contribution < -0.4 is 16.2 Å². The fourth-order valence-corrected chi connectivity index (χ4v) is 1.86. The molecule has 24 heavy (non-hydrogen) atoms. The van der Waals surface area contributed by atoms with Crippen molar-refractivity contribution < 1.29 is 14.5 Å². The van der Waals surface area contributed by atoms with Gasteiger partial charge in [0.2, 0.25) is 0 Å². The number of thiocarbonyl (C=S) groups is 1. The Labute approximate surface area is 142 Å². The van der Waals surface area contributed by atoms with Crippen molar-refractivity contribution in [3.05, 3.63) is 75.8 Å². The lowest BCUT2D eigenvalue weighted by molar-refractivity contribution is -0.384. The van der Waals surface area contributed by atoms with Gasteiger partial charge in [-0.2, -0.15) is 0 Å². The molecule has 0 aliphatic rings. The van der Waals surface area contributed by atoms with E-state index >= 15 is 0 Å². The Morgan fingerprint density at radius 1 is 0.875 bits per heavy atom. The summed E-state index contributed by atoms with van der Waals surface area (Å²) < 4.78 is 0. The molecule has 0 unspecified atom stereocenters. The Bertz CT molecular complexity index is 778. The van der Waals surface area contributed by atoms with Crippen molar-refractivity contribution in [2.45, 2.75) is 0 Å². The first-order valence-electron chi connectivity index (χ1n) is 6.68. The van der Waals surface area contributed by atoms with E-state index in [2.05, 4.69) is 16.2 Å². The fourth-order valence-electron chi connectivity index (χ4n) is 1.72. The number of hydrazine groups is 1. The summed E-state index contributed by atoms with van der Waals surface area (Å²) in [6.07, 6.45) is 0. The monoisotopic (exact) mass is 344 g/mol. The Morgan fingerprint density at radius 2 is 1.46 bits per heavy atom. The Kier molecular flexibility index (Phi) is 5.53. The number of nitro benzene ring substituents is 1. The maximum absolute atomic E-state index is 11.9. The minimum Gasteiger partial charge on any atom is -0.298 e. The molecule has 0 bridgehead atoms. The third-order valence-corrected chi connectivity index (χ3v) is 3.10. The second-order valence-electron chi connectivity index (χ2n) is 4.53. The Morgan fingerprint density at radius 3 is 2.04 bits per heavy atom.